The summed E-state index contributed by atoms with van der Waals surface area (Å²) in [6, 6.07) is 13.5. The number of likely N-dealkylation sites (N-methyl/N-ethyl adjacent to an activating group) is 1. The molecule has 4 nitrogen and oxygen atoms in total. The van der Waals surface area contributed by atoms with E-state index < -0.39 is 0 Å². The predicted octanol–water partition coefficient (Wildman–Crippen LogP) is 2.19. The topological polar surface area (TPSA) is 14.7 Å². The Bertz CT molecular complexity index is 633. The Kier molecular flexibility index (Phi) is 2.54. The number of para-hydroxylation sites is 2. The van der Waals surface area contributed by atoms with E-state index in [0.29, 0.717) is 6.04 Å². The molecule has 1 fully saturated rings. The molecular weight excluding hydrogens is 248 g/mol. The number of anilines is 2. The number of hydrogen-bond donors (Lipinski definition) is 0. The van der Waals surface area contributed by atoms with Crippen LogP contribution in [0.5, 0.6) is 0 Å². The van der Waals surface area contributed by atoms with E-state index in [1.54, 1.807) is 0 Å². The summed E-state index contributed by atoms with van der Waals surface area (Å²) >= 11 is 0. The largest absolute Gasteiger partial charge is 0.359 e. The molecule has 1 unspecified atom stereocenters. The predicted molar refractivity (Wildman–Crippen MR) is 82.3 cm³/mol. The van der Waals surface area contributed by atoms with Gasteiger partial charge in [-0.1, -0.05) is 12.1 Å². The molecule has 2 aliphatic rings. The molecule has 104 valence electrons. The third-order valence-electron chi connectivity index (χ3n) is 4.55. The fraction of sp³-hybridized carbons (Fsp3) is 0.375. The Morgan fingerprint density at radius 2 is 1.75 bits per heavy atom. The molecule has 0 N–H and O–H groups in total. The minimum Gasteiger partial charge on any atom is -0.359 e. The molecule has 4 rings (SSSR count). The first-order chi connectivity index (χ1) is 9.75. The lowest BCUT2D eigenvalue weighted by Crippen LogP contribution is -2.47. The summed E-state index contributed by atoms with van der Waals surface area (Å²) in [4.78, 5) is 4.98. The van der Waals surface area contributed by atoms with Gasteiger partial charge in [0.1, 0.15) is 0 Å². The van der Waals surface area contributed by atoms with Gasteiger partial charge in [-0.3, -0.25) is 9.69 Å². The van der Waals surface area contributed by atoms with Crippen LogP contribution in [0.25, 0.3) is 0 Å². The summed E-state index contributed by atoms with van der Waals surface area (Å²) in [5, 5.41) is 2.25. The van der Waals surface area contributed by atoms with Gasteiger partial charge in [-0.05, 0) is 31.3 Å². The summed E-state index contributed by atoms with van der Waals surface area (Å²) in [7, 11) is 4.36. The minimum absolute atomic E-state index is 0.426. The van der Waals surface area contributed by atoms with E-state index in [2.05, 4.69) is 76.2 Å². The molecule has 1 aromatic carbocycles. The molecule has 4 heteroatoms. The van der Waals surface area contributed by atoms with Crippen LogP contribution in [0.2, 0.25) is 0 Å². The lowest BCUT2D eigenvalue weighted by Gasteiger charge is -2.40. The molecule has 0 spiro atoms. The van der Waals surface area contributed by atoms with Crippen LogP contribution in [0, 0.1) is 0 Å². The van der Waals surface area contributed by atoms with Crippen molar-refractivity contribution in [2.75, 3.05) is 43.6 Å². The van der Waals surface area contributed by atoms with E-state index in [1.807, 2.05) is 0 Å². The lowest BCUT2D eigenvalue weighted by atomic mass is 10.1. The molecule has 0 aliphatic carbocycles. The van der Waals surface area contributed by atoms with E-state index in [1.165, 1.54) is 17.1 Å². The molecule has 1 saturated heterocycles. The highest BCUT2D eigenvalue weighted by molar-refractivity contribution is 5.73. The number of piperazine rings is 1. The van der Waals surface area contributed by atoms with E-state index in [0.717, 1.165) is 19.6 Å². The molecule has 1 aromatic heterocycles. The van der Waals surface area contributed by atoms with Crippen molar-refractivity contribution < 1.29 is 0 Å². The van der Waals surface area contributed by atoms with Crippen LogP contribution in [0.3, 0.4) is 0 Å². The maximum atomic E-state index is 2.56. The molecule has 2 aliphatic heterocycles. The first-order valence-corrected chi connectivity index (χ1v) is 7.21. The molecule has 1 atom stereocenters. The highest BCUT2D eigenvalue weighted by Gasteiger charge is 2.33. The molecular formula is C16H20N4. The molecule has 0 amide bonds. The monoisotopic (exact) mass is 268 g/mol. The van der Waals surface area contributed by atoms with Crippen LogP contribution in [0.1, 0.15) is 11.7 Å². The molecule has 2 aromatic rings. The molecule has 0 saturated carbocycles. The van der Waals surface area contributed by atoms with Crippen LogP contribution in [0.15, 0.2) is 42.6 Å². The van der Waals surface area contributed by atoms with Gasteiger partial charge in [0.15, 0.2) is 0 Å². The second-order valence-corrected chi connectivity index (χ2v) is 5.76. The normalized spacial score (nSPS) is 22.0. The quantitative estimate of drug-likeness (QED) is 0.728. The fourth-order valence-electron chi connectivity index (χ4n) is 3.48. The van der Waals surface area contributed by atoms with Gasteiger partial charge in [0, 0.05) is 32.9 Å². The van der Waals surface area contributed by atoms with Crippen molar-refractivity contribution in [3.63, 3.8) is 0 Å². The average Bonchev–Trinajstić information content (AvgIpc) is 2.92. The van der Waals surface area contributed by atoms with Crippen molar-refractivity contribution in [2.45, 2.75) is 6.04 Å². The lowest BCUT2D eigenvalue weighted by molar-refractivity contribution is 0.266. The Hall–Kier alpha value is -1.94. The zero-order valence-corrected chi connectivity index (χ0v) is 12.0. The number of hydrogen-bond acceptors (Lipinski definition) is 3. The van der Waals surface area contributed by atoms with Crippen LogP contribution < -0.4 is 9.91 Å². The van der Waals surface area contributed by atoms with Gasteiger partial charge in [-0.25, -0.2) is 0 Å². The van der Waals surface area contributed by atoms with E-state index in [-0.39, 0.29) is 0 Å². The number of benzene rings is 1. The molecule has 3 heterocycles. The maximum Gasteiger partial charge on any atom is 0.0841 e. The van der Waals surface area contributed by atoms with E-state index in [4.69, 9.17) is 0 Å². The Morgan fingerprint density at radius 3 is 2.60 bits per heavy atom. The summed E-state index contributed by atoms with van der Waals surface area (Å²) in [5.41, 5.74) is 3.99. The summed E-state index contributed by atoms with van der Waals surface area (Å²) in [5.74, 6) is 0. The van der Waals surface area contributed by atoms with Crippen molar-refractivity contribution >= 4 is 11.4 Å². The SMILES string of the molecule is CN1CCN2c3ccccc3N(C)n3cccc3C2C1. The molecule has 20 heavy (non-hydrogen) atoms. The fourth-order valence-corrected chi connectivity index (χ4v) is 3.48. The smallest absolute Gasteiger partial charge is 0.0841 e. The van der Waals surface area contributed by atoms with Crippen molar-refractivity contribution in [1.82, 2.24) is 9.58 Å². The minimum atomic E-state index is 0.426. The third kappa shape index (κ3) is 1.58. The van der Waals surface area contributed by atoms with Crippen molar-refractivity contribution in [3.05, 3.63) is 48.3 Å². The van der Waals surface area contributed by atoms with Gasteiger partial charge in [0.25, 0.3) is 0 Å². The van der Waals surface area contributed by atoms with Crippen LogP contribution in [0.4, 0.5) is 11.4 Å². The van der Waals surface area contributed by atoms with Gasteiger partial charge in [0.05, 0.1) is 23.1 Å². The summed E-state index contributed by atoms with van der Waals surface area (Å²) in [6.07, 6.45) is 2.16. The molecule has 0 bridgehead atoms. The zero-order valence-electron chi connectivity index (χ0n) is 12.0. The Balaban J connectivity index is 1.93. The van der Waals surface area contributed by atoms with Crippen LogP contribution >= 0.6 is 0 Å². The average molecular weight is 268 g/mol. The number of nitrogens with zero attached hydrogens (tertiary/aromatic N) is 4. The second kappa shape index (κ2) is 4.28. The Morgan fingerprint density at radius 1 is 0.950 bits per heavy atom. The highest BCUT2D eigenvalue weighted by Crippen LogP contribution is 2.40. The van der Waals surface area contributed by atoms with Crippen LogP contribution in [-0.2, 0) is 0 Å². The number of rotatable bonds is 0. The standard InChI is InChI=1S/C16H20N4/c1-17-10-11-19-14-7-4-3-6-13(14)18(2)20-9-5-8-15(20)16(19)12-17/h3-9,16H,10-12H2,1-2H3. The zero-order chi connectivity index (χ0) is 13.7. The van der Waals surface area contributed by atoms with Gasteiger partial charge in [-0.15, -0.1) is 0 Å². The van der Waals surface area contributed by atoms with Gasteiger partial charge >= 0.3 is 0 Å². The first kappa shape index (κ1) is 11.9. The van der Waals surface area contributed by atoms with Crippen molar-refractivity contribution in [2.24, 2.45) is 0 Å². The van der Waals surface area contributed by atoms with E-state index >= 15 is 0 Å². The highest BCUT2D eigenvalue weighted by atomic mass is 15.6. The van der Waals surface area contributed by atoms with Crippen molar-refractivity contribution in [3.8, 4) is 0 Å². The molecule has 0 radical (unpaired) electrons. The second-order valence-electron chi connectivity index (χ2n) is 5.76. The maximum absolute atomic E-state index is 2.56. The number of aromatic nitrogens is 1. The van der Waals surface area contributed by atoms with Crippen LogP contribution in [-0.4, -0.2) is 43.3 Å². The van der Waals surface area contributed by atoms with E-state index in [9.17, 15) is 0 Å². The van der Waals surface area contributed by atoms with Crippen molar-refractivity contribution in [1.29, 1.82) is 0 Å². The number of fused-ring (bicyclic) bond motifs is 5. The summed E-state index contributed by atoms with van der Waals surface area (Å²) < 4.78 is 2.28. The first-order valence-electron chi connectivity index (χ1n) is 7.21. The van der Waals surface area contributed by atoms with Gasteiger partial charge in [-0.2, -0.15) is 0 Å². The van der Waals surface area contributed by atoms with Gasteiger partial charge in [0.2, 0.25) is 0 Å². The third-order valence-corrected chi connectivity index (χ3v) is 4.55. The Labute approximate surface area is 119 Å². The summed E-state index contributed by atoms with van der Waals surface area (Å²) in [6.45, 7) is 3.28. The van der Waals surface area contributed by atoms with Gasteiger partial charge < -0.3 is 9.80 Å².